The first kappa shape index (κ1) is 19.7. The summed E-state index contributed by atoms with van der Waals surface area (Å²) in [4.78, 5) is 0. The Labute approximate surface area is 121 Å². The summed E-state index contributed by atoms with van der Waals surface area (Å²) in [5.41, 5.74) is 0. The third-order valence-corrected chi connectivity index (χ3v) is 2.13. The predicted octanol–water partition coefficient (Wildman–Crippen LogP) is 0.0541. The molecule has 0 spiro atoms. The minimum absolute atomic E-state index is 0.379. The molecule has 0 saturated heterocycles. The van der Waals surface area contributed by atoms with Crippen molar-refractivity contribution in [2.45, 2.75) is 13.2 Å². The summed E-state index contributed by atoms with van der Waals surface area (Å²) in [6.45, 7) is 6.79. The van der Waals surface area contributed by atoms with E-state index in [4.69, 9.17) is 33.5 Å². The van der Waals surface area contributed by atoms with E-state index in [0.717, 1.165) is 0 Å². The highest BCUT2D eigenvalue weighted by Crippen LogP contribution is 1.86. The zero-order valence-electron chi connectivity index (χ0n) is 12.5. The van der Waals surface area contributed by atoms with Crippen LogP contribution >= 0.6 is 0 Å². The summed E-state index contributed by atoms with van der Waals surface area (Å²) in [5, 5.41) is 8.82. The molecule has 0 aliphatic heterocycles. The Kier molecular flexibility index (Phi) is 16.5. The van der Waals surface area contributed by atoms with Crippen LogP contribution in [0.1, 0.15) is 6.92 Å². The number of aliphatic hydroxyl groups excluding tert-OH is 1. The number of methoxy groups -OCH3 is 1. The van der Waals surface area contributed by atoms with Gasteiger partial charge in [0.15, 0.2) is 6.29 Å². The Morgan fingerprint density at radius 3 is 1.35 bits per heavy atom. The molecule has 1 N–H and O–H groups in total. The average Bonchev–Trinajstić information content (AvgIpc) is 2.43. The minimum Gasteiger partial charge on any atom is -0.382 e. The summed E-state index contributed by atoms with van der Waals surface area (Å²) in [5.74, 6) is 0. The van der Waals surface area contributed by atoms with Crippen molar-refractivity contribution in [1.82, 2.24) is 0 Å². The first-order chi connectivity index (χ1) is 9.77. The van der Waals surface area contributed by atoms with Crippen molar-refractivity contribution in [3.63, 3.8) is 0 Å². The molecule has 0 bridgehead atoms. The second-order valence-electron chi connectivity index (χ2n) is 3.91. The van der Waals surface area contributed by atoms with Crippen molar-refractivity contribution in [3.8, 4) is 0 Å². The lowest BCUT2D eigenvalue weighted by Gasteiger charge is -2.08. The highest BCUT2D eigenvalue weighted by Gasteiger charge is 1.95. The molecule has 20 heavy (non-hydrogen) atoms. The maximum Gasteiger partial charge on any atom is 0.151 e. The van der Waals surface area contributed by atoms with E-state index < -0.39 is 6.29 Å². The number of hydrogen-bond donors (Lipinski definition) is 1. The van der Waals surface area contributed by atoms with Crippen molar-refractivity contribution < 1.29 is 33.5 Å². The number of ether oxygens (including phenoxy) is 6. The molecule has 0 heterocycles. The van der Waals surface area contributed by atoms with Gasteiger partial charge in [-0.05, 0) is 6.92 Å². The van der Waals surface area contributed by atoms with Gasteiger partial charge in [-0.1, -0.05) is 0 Å². The van der Waals surface area contributed by atoms with Gasteiger partial charge in [-0.15, -0.1) is 0 Å². The molecule has 0 saturated carbocycles. The number of aliphatic hydroxyl groups is 1. The van der Waals surface area contributed by atoms with E-state index in [1.165, 1.54) is 0 Å². The van der Waals surface area contributed by atoms with Crippen LogP contribution in [-0.2, 0) is 28.4 Å². The second kappa shape index (κ2) is 16.8. The fourth-order valence-electron chi connectivity index (χ4n) is 1.18. The molecular weight excluding hydrogens is 268 g/mol. The zero-order valence-corrected chi connectivity index (χ0v) is 12.5. The Morgan fingerprint density at radius 2 is 1.00 bits per heavy atom. The molecule has 0 aliphatic rings. The van der Waals surface area contributed by atoms with Crippen molar-refractivity contribution in [2.24, 2.45) is 0 Å². The Hall–Kier alpha value is -0.280. The van der Waals surface area contributed by atoms with E-state index in [0.29, 0.717) is 66.1 Å². The topological polar surface area (TPSA) is 75.6 Å². The molecule has 0 amide bonds. The molecular formula is C13H28O7. The molecule has 0 aromatic heterocycles. The average molecular weight is 296 g/mol. The summed E-state index contributed by atoms with van der Waals surface area (Å²) in [6, 6.07) is 0. The van der Waals surface area contributed by atoms with Crippen LogP contribution in [0.3, 0.4) is 0 Å². The molecule has 0 rings (SSSR count). The quantitative estimate of drug-likeness (QED) is 0.319. The lowest BCUT2D eigenvalue weighted by molar-refractivity contribution is -0.102. The highest BCUT2D eigenvalue weighted by atomic mass is 16.6. The maximum atomic E-state index is 8.82. The van der Waals surface area contributed by atoms with Crippen LogP contribution in [0.4, 0.5) is 0 Å². The fourth-order valence-corrected chi connectivity index (χ4v) is 1.18. The van der Waals surface area contributed by atoms with Gasteiger partial charge in [-0.2, -0.15) is 0 Å². The monoisotopic (exact) mass is 296 g/mol. The van der Waals surface area contributed by atoms with Crippen molar-refractivity contribution in [3.05, 3.63) is 0 Å². The Bertz CT molecular complexity index is 178. The molecule has 0 fully saturated rings. The molecule has 1 unspecified atom stereocenters. The smallest absolute Gasteiger partial charge is 0.151 e. The van der Waals surface area contributed by atoms with Crippen LogP contribution in [0.25, 0.3) is 0 Å². The molecule has 122 valence electrons. The van der Waals surface area contributed by atoms with E-state index >= 15 is 0 Å². The van der Waals surface area contributed by atoms with E-state index in [9.17, 15) is 0 Å². The highest BCUT2D eigenvalue weighted by molar-refractivity contribution is 4.36. The maximum absolute atomic E-state index is 8.82. The van der Waals surface area contributed by atoms with Crippen molar-refractivity contribution >= 4 is 0 Å². The summed E-state index contributed by atoms with van der Waals surface area (Å²) in [7, 11) is 1.64. The van der Waals surface area contributed by atoms with Crippen molar-refractivity contribution in [1.29, 1.82) is 0 Å². The van der Waals surface area contributed by atoms with Crippen LogP contribution in [0.5, 0.6) is 0 Å². The van der Waals surface area contributed by atoms with Gasteiger partial charge in [0.25, 0.3) is 0 Å². The molecule has 0 aromatic carbocycles. The van der Waals surface area contributed by atoms with Gasteiger partial charge < -0.3 is 33.5 Å². The molecule has 0 aromatic rings. The lowest BCUT2D eigenvalue weighted by Crippen LogP contribution is -2.15. The standard InChI is InChI=1S/C13H28O7/c1-13(14)20-12-11-19-10-9-18-8-7-17-6-5-16-4-3-15-2/h13-14H,3-12H2,1-2H3. The van der Waals surface area contributed by atoms with E-state index in [2.05, 4.69) is 0 Å². The van der Waals surface area contributed by atoms with Crippen LogP contribution in [0.15, 0.2) is 0 Å². The number of rotatable bonds is 16. The predicted molar refractivity (Wildman–Crippen MR) is 72.8 cm³/mol. The molecule has 7 heteroatoms. The van der Waals surface area contributed by atoms with Crippen LogP contribution < -0.4 is 0 Å². The van der Waals surface area contributed by atoms with E-state index in [1.54, 1.807) is 14.0 Å². The van der Waals surface area contributed by atoms with Gasteiger partial charge >= 0.3 is 0 Å². The van der Waals surface area contributed by atoms with E-state index in [1.807, 2.05) is 0 Å². The molecule has 1 atom stereocenters. The zero-order chi connectivity index (χ0) is 14.9. The van der Waals surface area contributed by atoms with Gasteiger partial charge in [0, 0.05) is 7.11 Å². The van der Waals surface area contributed by atoms with E-state index in [-0.39, 0.29) is 0 Å². The van der Waals surface area contributed by atoms with Gasteiger partial charge in [0.2, 0.25) is 0 Å². The number of hydrogen-bond acceptors (Lipinski definition) is 7. The van der Waals surface area contributed by atoms with Crippen molar-refractivity contribution in [2.75, 3.05) is 73.2 Å². The molecule has 7 nitrogen and oxygen atoms in total. The third-order valence-electron chi connectivity index (χ3n) is 2.13. The largest absolute Gasteiger partial charge is 0.382 e. The SMILES string of the molecule is COCCOCCOCCOCCOCCOC(C)O. The fraction of sp³-hybridized carbons (Fsp3) is 1.00. The minimum atomic E-state index is -0.745. The molecule has 0 radical (unpaired) electrons. The lowest BCUT2D eigenvalue weighted by atomic mass is 10.7. The summed E-state index contributed by atoms with van der Waals surface area (Å²) < 4.78 is 30.8. The molecule has 0 aliphatic carbocycles. The van der Waals surface area contributed by atoms with Crippen LogP contribution in [-0.4, -0.2) is 84.6 Å². The first-order valence-corrected chi connectivity index (χ1v) is 6.87. The van der Waals surface area contributed by atoms with Gasteiger partial charge in [0.1, 0.15) is 0 Å². The van der Waals surface area contributed by atoms with Gasteiger partial charge in [-0.3, -0.25) is 0 Å². The summed E-state index contributed by atoms with van der Waals surface area (Å²) >= 11 is 0. The third kappa shape index (κ3) is 17.7. The Morgan fingerprint density at radius 1 is 0.650 bits per heavy atom. The van der Waals surface area contributed by atoms with Crippen LogP contribution in [0.2, 0.25) is 0 Å². The van der Waals surface area contributed by atoms with Gasteiger partial charge in [0.05, 0.1) is 66.1 Å². The Balaban J connectivity index is 2.92. The van der Waals surface area contributed by atoms with Gasteiger partial charge in [-0.25, -0.2) is 0 Å². The van der Waals surface area contributed by atoms with Crippen LogP contribution in [0, 0.1) is 0 Å². The first-order valence-electron chi connectivity index (χ1n) is 6.87. The second-order valence-corrected chi connectivity index (χ2v) is 3.91. The normalized spacial score (nSPS) is 12.8. The summed E-state index contributed by atoms with van der Waals surface area (Å²) in [6.07, 6.45) is -0.745.